The second-order valence-corrected chi connectivity index (χ2v) is 5.68. The van der Waals surface area contributed by atoms with Gasteiger partial charge in [0.05, 0.1) is 16.3 Å². The standard InChI is InChI=1S/C15H19N7O2/c1-20-6-8-21(9-7-20)13-3-2-11(22(23)24)10-12(13)18-15-17-5-4-14(16)19-15/h2-5,10H,6-9H2,1H3,(H3,16,17,18,19). The zero-order chi connectivity index (χ0) is 17.1. The molecular formula is C15H19N7O2. The summed E-state index contributed by atoms with van der Waals surface area (Å²) in [5.74, 6) is 0.643. The van der Waals surface area contributed by atoms with E-state index in [1.807, 2.05) is 0 Å². The molecule has 3 N–H and O–H groups in total. The van der Waals surface area contributed by atoms with Crippen LogP contribution in [0.3, 0.4) is 0 Å². The van der Waals surface area contributed by atoms with Crippen LogP contribution >= 0.6 is 0 Å². The number of rotatable bonds is 4. The van der Waals surface area contributed by atoms with Gasteiger partial charge >= 0.3 is 0 Å². The highest BCUT2D eigenvalue weighted by Crippen LogP contribution is 2.32. The Morgan fingerprint density at radius 3 is 2.67 bits per heavy atom. The van der Waals surface area contributed by atoms with Crippen LogP contribution in [0.2, 0.25) is 0 Å². The summed E-state index contributed by atoms with van der Waals surface area (Å²) in [5, 5.41) is 14.2. The molecule has 1 saturated heterocycles. The fourth-order valence-electron chi connectivity index (χ4n) is 2.61. The van der Waals surface area contributed by atoms with Gasteiger partial charge < -0.3 is 20.9 Å². The molecule has 0 saturated carbocycles. The molecule has 24 heavy (non-hydrogen) atoms. The lowest BCUT2D eigenvalue weighted by atomic mass is 10.2. The van der Waals surface area contributed by atoms with Crippen molar-refractivity contribution in [3.63, 3.8) is 0 Å². The van der Waals surface area contributed by atoms with Crippen molar-refractivity contribution in [1.82, 2.24) is 14.9 Å². The van der Waals surface area contributed by atoms with Crippen molar-refractivity contribution in [3.8, 4) is 0 Å². The highest BCUT2D eigenvalue weighted by atomic mass is 16.6. The Balaban J connectivity index is 1.94. The van der Waals surface area contributed by atoms with E-state index in [1.54, 1.807) is 12.1 Å². The molecule has 9 nitrogen and oxygen atoms in total. The molecule has 0 aliphatic carbocycles. The number of likely N-dealkylation sites (N-methyl/N-ethyl adjacent to an activating group) is 1. The molecule has 1 aromatic heterocycles. The van der Waals surface area contributed by atoms with Crippen molar-refractivity contribution in [1.29, 1.82) is 0 Å². The van der Waals surface area contributed by atoms with E-state index in [4.69, 9.17) is 5.73 Å². The van der Waals surface area contributed by atoms with Crippen LogP contribution in [0.25, 0.3) is 0 Å². The predicted molar refractivity (Wildman–Crippen MR) is 92.5 cm³/mol. The van der Waals surface area contributed by atoms with Crippen LogP contribution in [0.5, 0.6) is 0 Å². The lowest BCUT2D eigenvalue weighted by molar-refractivity contribution is -0.384. The summed E-state index contributed by atoms with van der Waals surface area (Å²) in [6.07, 6.45) is 1.54. The van der Waals surface area contributed by atoms with Gasteiger partial charge in [0.2, 0.25) is 5.95 Å². The summed E-state index contributed by atoms with van der Waals surface area (Å²) >= 11 is 0. The quantitative estimate of drug-likeness (QED) is 0.640. The van der Waals surface area contributed by atoms with E-state index in [2.05, 4.69) is 32.1 Å². The second kappa shape index (κ2) is 6.67. The van der Waals surface area contributed by atoms with Gasteiger partial charge in [-0.3, -0.25) is 10.1 Å². The summed E-state index contributed by atoms with van der Waals surface area (Å²) in [5.41, 5.74) is 7.17. The summed E-state index contributed by atoms with van der Waals surface area (Å²) in [6.45, 7) is 3.57. The molecule has 0 atom stereocenters. The minimum absolute atomic E-state index is 0.0132. The van der Waals surface area contributed by atoms with E-state index in [1.165, 1.54) is 18.3 Å². The van der Waals surface area contributed by atoms with Gasteiger partial charge in [-0.15, -0.1) is 0 Å². The number of nitrogens with one attached hydrogen (secondary N) is 1. The number of aromatic nitrogens is 2. The summed E-state index contributed by atoms with van der Waals surface area (Å²) in [6, 6.07) is 6.36. The van der Waals surface area contributed by atoms with Crippen molar-refractivity contribution < 1.29 is 4.92 Å². The molecule has 0 bridgehead atoms. The van der Waals surface area contributed by atoms with Gasteiger partial charge in [-0.25, -0.2) is 4.98 Å². The van der Waals surface area contributed by atoms with Gasteiger partial charge in [-0.2, -0.15) is 4.98 Å². The van der Waals surface area contributed by atoms with Crippen LogP contribution in [-0.2, 0) is 0 Å². The lowest BCUT2D eigenvalue weighted by Gasteiger charge is -2.35. The maximum atomic E-state index is 11.1. The monoisotopic (exact) mass is 329 g/mol. The molecule has 1 aliphatic heterocycles. The number of anilines is 4. The number of nitrogens with two attached hydrogens (primary N) is 1. The Labute approximate surface area is 139 Å². The third-order valence-corrected chi connectivity index (χ3v) is 3.96. The van der Waals surface area contributed by atoms with E-state index in [0.29, 0.717) is 17.5 Å². The van der Waals surface area contributed by atoms with Crippen molar-refractivity contribution in [2.75, 3.05) is 49.2 Å². The van der Waals surface area contributed by atoms with Gasteiger partial charge in [0.15, 0.2) is 0 Å². The number of hydrogen-bond donors (Lipinski definition) is 2. The molecular weight excluding hydrogens is 310 g/mol. The lowest BCUT2D eigenvalue weighted by Crippen LogP contribution is -2.44. The SMILES string of the molecule is CN1CCN(c2ccc([N+](=O)[O-])cc2Nc2nccc(N)n2)CC1. The van der Waals surface area contributed by atoms with Crippen LogP contribution in [0.4, 0.5) is 28.8 Å². The first-order chi connectivity index (χ1) is 11.5. The van der Waals surface area contributed by atoms with Gasteiger partial charge in [-0.05, 0) is 19.2 Å². The van der Waals surface area contributed by atoms with Crippen LogP contribution in [0.15, 0.2) is 30.5 Å². The molecule has 9 heteroatoms. The van der Waals surface area contributed by atoms with E-state index in [0.717, 1.165) is 31.9 Å². The predicted octanol–water partition coefficient (Wildman–Crippen LogP) is 1.46. The minimum atomic E-state index is -0.418. The first-order valence-corrected chi connectivity index (χ1v) is 7.60. The maximum Gasteiger partial charge on any atom is 0.271 e. The number of nitrogen functional groups attached to an aromatic ring is 1. The number of non-ortho nitro benzene ring substituents is 1. The third-order valence-electron chi connectivity index (χ3n) is 3.96. The van der Waals surface area contributed by atoms with E-state index >= 15 is 0 Å². The van der Waals surface area contributed by atoms with Gasteiger partial charge in [-0.1, -0.05) is 0 Å². The number of nitrogens with zero attached hydrogens (tertiary/aromatic N) is 5. The van der Waals surface area contributed by atoms with E-state index < -0.39 is 4.92 Å². The van der Waals surface area contributed by atoms with Crippen LogP contribution in [0.1, 0.15) is 0 Å². The first-order valence-electron chi connectivity index (χ1n) is 7.60. The zero-order valence-electron chi connectivity index (χ0n) is 13.3. The average molecular weight is 329 g/mol. The average Bonchev–Trinajstić information content (AvgIpc) is 2.56. The Morgan fingerprint density at radius 2 is 2.00 bits per heavy atom. The highest BCUT2D eigenvalue weighted by molar-refractivity contribution is 5.76. The topological polar surface area (TPSA) is 113 Å². The van der Waals surface area contributed by atoms with Crippen molar-refractivity contribution in [2.45, 2.75) is 0 Å². The van der Waals surface area contributed by atoms with Gasteiger partial charge in [0.1, 0.15) is 5.82 Å². The normalized spacial score (nSPS) is 15.3. The van der Waals surface area contributed by atoms with Crippen molar-refractivity contribution >= 4 is 28.8 Å². The third kappa shape index (κ3) is 3.51. The van der Waals surface area contributed by atoms with Crippen LogP contribution < -0.4 is 16.0 Å². The summed E-state index contributed by atoms with van der Waals surface area (Å²) in [4.78, 5) is 23.3. The smallest absolute Gasteiger partial charge is 0.271 e. The fraction of sp³-hybridized carbons (Fsp3) is 0.333. The molecule has 0 radical (unpaired) electrons. The Bertz CT molecular complexity index is 744. The molecule has 126 valence electrons. The number of hydrogen-bond acceptors (Lipinski definition) is 8. The number of nitro benzene ring substituents is 1. The highest BCUT2D eigenvalue weighted by Gasteiger charge is 2.20. The largest absolute Gasteiger partial charge is 0.384 e. The number of benzene rings is 1. The maximum absolute atomic E-state index is 11.1. The Hall–Kier alpha value is -2.94. The molecule has 2 aromatic rings. The molecule has 0 unspecified atom stereocenters. The second-order valence-electron chi connectivity index (χ2n) is 5.68. The Kier molecular flexibility index (Phi) is 4.43. The molecule has 2 heterocycles. The Morgan fingerprint density at radius 1 is 1.25 bits per heavy atom. The zero-order valence-corrected chi connectivity index (χ0v) is 13.3. The molecule has 0 spiro atoms. The summed E-state index contributed by atoms with van der Waals surface area (Å²) in [7, 11) is 2.08. The van der Waals surface area contributed by atoms with Gasteiger partial charge in [0.25, 0.3) is 5.69 Å². The molecule has 1 aliphatic rings. The van der Waals surface area contributed by atoms with E-state index in [9.17, 15) is 10.1 Å². The summed E-state index contributed by atoms with van der Waals surface area (Å²) < 4.78 is 0. The molecule has 0 amide bonds. The van der Waals surface area contributed by atoms with Crippen LogP contribution in [-0.4, -0.2) is 53.0 Å². The minimum Gasteiger partial charge on any atom is -0.384 e. The molecule has 3 rings (SSSR count). The van der Waals surface area contributed by atoms with Crippen molar-refractivity contribution in [3.05, 3.63) is 40.6 Å². The number of piperazine rings is 1. The van der Waals surface area contributed by atoms with E-state index in [-0.39, 0.29) is 5.69 Å². The fourth-order valence-corrected chi connectivity index (χ4v) is 2.61. The first kappa shape index (κ1) is 15.9. The van der Waals surface area contributed by atoms with Crippen molar-refractivity contribution in [2.24, 2.45) is 0 Å². The number of nitro groups is 1. The molecule has 1 aromatic carbocycles. The molecule has 1 fully saturated rings. The van der Waals surface area contributed by atoms with Crippen LogP contribution in [0, 0.1) is 10.1 Å². The van der Waals surface area contributed by atoms with Gasteiger partial charge in [0, 0.05) is 44.5 Å².